The van der Waals surface area contributed by atoms with Crippen LogP contribution in [0.15, 0.2) is 12.3 Å². The van der Waals surface area contributed by atoms with Gasteiger partial charge < -0.3 is 14.8 Å². The summed E-state index contributed by atoms with van der Waals surface area (Å²) in [7, 11) is 0.625. The molecule has 2 N–H and O–H groups in total. The van der Waals surface area contributed by atoms with Crippen molar-refractivity contribution in [3.05, 3.63) is 12.3 Å². The standard InChI is InChI=1S/C10H19BN2O3/c1-9(2,14)10(3,4)16-11(15)8-6-7-13(5)12-8/h6-7,14-15H,1-5H3. The Balaban J connectivity index is 2.75. The van der Waals surface area contributed by atoms with Gasteiger partial charge in [0.05, 0.1) is 16.8 Å². The maximum Gasteiger partial charge on any atom is 0.513 e. The van der Waals surface area contributed by atoms with Crippen molar-refractivity contribution < 1.29 is 14.8 Å². The minimum atomic E-state index is -1.14. The van der Waals surface area contributed by atoms with Crippen LogP contribution in [0.1, 0.15) is 27.7 Å². The molecule has 1 aromatic rings. The number of aryl methyl sites for hydroxylation is 1. The van der Waals surface area contributed by atoms with Gasteiger partial charge in [0, 0.05) is 13.2 Å². The Kier molecular flexibility index (Phi) is 3.47. The van der Waals surface area contributed by atoms with Gasteiger partial charge in [-0.05, 0) is 33.8 Å². The zero-order chi connectivity index (χ0) is 12.6. The molecule has 0 fully saturated rings. The van der Waals surface area contributed by atoms with Gasteiger partial charge in [-0.25, -0.2) is 0 Å². The Labute approximate surface area is 96.2 Å². The van der Waals surface area contributed by atoms with E-state index in [9.17, 15) is 10.1 Å². The molecule has 16 heavy (non-hydrogen) atoms. The van der Waals surface area contributed by atoms with Crippen LogP contribution in [0.25, 0.3) is 0 Å². The largest absolute Gasteiger partial charge is 0.513 e. The topological polar surface area (TPSA) is 67.5 Å². The maximum atomic E-state index is 9.88. The maximum absolute atomic E-state index is 9.88. The van der Waals surface area contributed by atoms with Crippen LogP contribution in [0.3, 0.4) is 0 Å². The molecule has 1 rings (SSSR count). The first-order chi connectivity index (χ1) is 7.13. The number of aliphatic hydroxyl groups is 1. The lowest BCUT2D eigenvalue weighted by Crippen LogP contribution is -2.53. The highest BCUT2D eigenvalue weighted by Crippen LogP contribution is 2.25. The van der Waals surface area contributed by atoms with Crippen molar-refractivity contribution >= 4 is 12.7 Å². The molecular weight excluding hydrogens is 207 g/mol. The molecule has 1 aromatic heterocycles. The Morgan fingerprint density at radius 1 is 1.38 bits per heavy atom. The fraction of sp³-hybridized carbons (Fsp3) is 0.700. The molecule has 0 aliphatic heterocycles. The van der Waals surface area contributed by atoms with Gasteiger partial charge in [0.2, 0.25) is 0 Å². The molecule has 5 nitrogen and oxygen atoms in total. The van der Waals surface area contributed by atoms with Gasteiger partial charge >= 0.3 is 7.12 Å². The first kappa shape index (κ1) is 13.2. The molecule has 0 aliphatic carbocycles. The highest BCUT2D eigenvalue weighted by atomic mass is 16.5. The summed E-state index contributed by atoms with van der Waals surface area (Å²) >= 11 is 0. The molecule has 0 bridgehead atoms. The Morgan fingerprint density at radius 2 is 1.94 bits per heavy atom. The zero-order valence-electron chi connectivity index (χ0n) is 10.4. The second kappa shape index (κ2) is 4.20. The predicted molar refractivity (Wildman–Crippen MR) is 62.3 cm³/mol. The highest BCUT2D eigenvalue weighted by molar-refractivity contribution is 6.59. The zero-order valence-corrected chi connectivity index (χ0v) is 10.4. The van der Waals surface area contributed by atoms with Crippen molar-refractivity contribution in [2.75, 3.05) is 0 Å². The molecule has 90 valence electrons. The minimum absolute atomic E-state index is 0.430. The summed E-state index contributed by atoms with van der Waals surface area (Å²) in [4.78, 5) is 0. The van der Waals surface area contributed by atoms with Crippen molar-refractivity contribution in [1.82, 2.24) is 9.78 Å². The molecule has 0 unspecified atom stereocenters. The van der Waals surface area contributed by atoms with Gasteiger partial charge in [-0.15, -0.1) is 0 Å². The van der Waals surface area contributed by atoms with Crippen molar-refractivity contribution in [3.63, 3.8) is 0 Å². The fourth-order valence-electron chi connectivity index (χ4n) is 1.05. The van der Waals surface area contributed by atoms with Crippen LogP contribution in [0.5, 0.6) is 0 Å². The SMILES string of the molecule is Cn1ccc(B(O)OC(C)(C)C(C)(C)O)n1. The molecule has 0 atom stereocenters. The lowest BCUT2D eigenvalue weighted by atomic mass is 9.80. The van der Waals surface area contributed by atoms with Crippen molar-refractivity contribution in [3.8, 4) is 0 Å². The van der Waals surface area contributed by atoms with Gasteiger partial charge in [-0.3, -0.25) is 4.68 Å². The lowest BCUT2D eigenvalue weighted by Gasteiger charge is -2.38. The molecule has 6 heteroatoms. The number of hydrogen-bond donors (Lipinski definition) is 2. The first-order valence-electron chi connectivity index (χ1n) is 5.21. The predicted octanol–water partition coefficient (Wildman–Crippen LogP) is -0.326. The van der Waals surface area contributed by atoms with Crippen LogP contribution in [0, 0.1) is 0 Å². The molecule has 0 saturated carbocycles. The second-order valence-corrected chi connectivity index (χ2v) is 4.95. The van der Waals surface area contributed by atoms with E-state index < -0.39 is 18.3 Å². The molecule has 0 aromatic carbocycles. The van der Waals surface area contributed by atoms with Crippen LogP contribution < -0.4 is 5.59 Å². The summed E-state index contributed by atoms with van der Waals surface area (Å²) in [5.41, 5.74) is -1.49. The van der Waals surface area contributed by atoms with E-state index in [2.05, 4.69) is 5.10 Å². The van der Waals surface area contributed by atoms with Crippen LogP contribution >= 0.6 is 0 Å². The molecule has 0 aliphatic rings. The summed E-state index contributed by atoms with van der Waals surface area (Å²) in [5, 5.41) is 23.7. The third-order valence-corrected chi connectivity index (χ3v) is 2.87. The summed E-state index contributed by atoms with van der Waals surface area (Å²) in [6, 6.07) is 1.67. The average molecular weight is 226 g/mol. The van der Waals surface area contributed by atoms with E-state index in [0.717, 1.165) is 0 Å². The summed E-state index contributed by atoms with van der Waals surface area (Å²) in [6.45, 7) is 6.72. The molecule has 0 amide bonds. The normalized spacial score (nSPS) is 12.9. The van der Waals surface area contributed by atoms with Crippen LogP contribution in [-0.4, -0.2) is 38.2 Å². The number of rotatable bonds is 4. The number of hydrogen-bond acceptors (Lipinski definition) is 4. The monoisotopic (exact) mass is 226 g/mol. The average Bonchev–Trinajstić information content (AvgIpc) is 2.48. The highest BCUT2D eigenvalue weighted by Gasteiger charge is 2.40. The lowest BCUT2D eigenvalue weighted by molar-refractivity contribution is -0.0983. The van der Waals surface area contributed by atoms with E-state index >= 15 is 0 Å². The van der Waals surface area contributed by atoms with Gasteiger partial charge in [0.25, 0.3) is 0 Å². The molecule has 0 spiro atoms. The van der Waals surface area contributed by atoms with Crippen molar-refractivity contribution in [2.45, 2.75) is 38.9 Å². The van der Waals surface area contributed by atoms with E-state index in [0.29, 0.717) is 5.59 Å². The molecule has 0 radical (unpaired) electrons. The number of aromatic nitrogens is 2. The third kappa shape index (κ3) is 2.84. The minimum Gasteiger partial charge on any atom is -0.422 e. The van der Waals surface area contributed by atoms with E-state index in [1.165, 1.54) is 0 Å². The summed E-state index contributed by atoms with van der Waals surface area (Å²) in [5.74, 6) is 0. The van der Waals surface area contributed by atoms with Crippen LogP contribution in [0.2, 0.25) is 0 Å². The first-order valence-corrected chi connectivity index (χ1v) is 5.21. The summed E-state index contributed by atoms with van der Waals surface area (Å²) < 4.78 is 7.01. The van der Waals surface area contributed by atoms with E-state index in [1.807, 2.05) is 0 Å². The van der Waals surface area contributed by atoms with Gasteiger partial charge in [-0.2, -0.15) is 5.10 Å². The van der Waals surface area contributed by atoms with Crippen LogP contribution in [0.4, 0.5) is 0 Å². The third-order valence-electron chi connectivity index (χ3n) is 2.87. The fourth-order valence-corrected chi connectivity index (χ4v) is 1.05. The van der Waals surface area contributed by atoms with Crippen molar-refractivity contribution in [1.29, 1.82) is 0 Å². The Bertz CT molecular complexity index is 357. The van der Waals surface area contributed by atoms with Crippen molar-refractivity contribution in [2.24, 2.45) is 7.05 Å². The van der Waals surface area contributed by atoms with Gasteiger partial charge in [-0.1, -0.05) is 0 Å². The second-order valence-electron chi connectivity index (χ2n) is 4.95. The van der Waals surface area contributed by atoms with Crippen LogP contribution in [-0.2, 0) is 11.7 Å². The van der Waals surface area contributed by atoms with Gasteiger partial charge in [0.1, 0.15) is 0 Å². The quantitative estimate of drug-likeness (QED) is 0.690. The molecule has 1 heterocycles. The van der Waals surface area contributed by atoms with E-state index in [-0.39, 0.29) is 0 Å². The molecular formula is C10H19BN2O3. The molecule has 0 saturated heterocycles. The Morgan fingerprint density at radius 3 is 2.31 bits per heavy atom. The summed E-state index contributed by atoms with van der Waals surface area (Å²) in [6.07, 6.45) is 1.72. The van der Waals surface area contributed by atoms with E-state index in [4.69, 9.17) is 4.65 Å². The van der Waals surface area contributed by atoms with E-state index in [1.54, 1.807) is 51.7 Å². The number of nitrogens with zero attached hydrogens (tertiary/aromatic N) is 2. The Hall–Kier alpha value is -0.845. The smallest absolute Gasteiger partial charge is 0.422 e. The van der Waals surface area contributed by atoms with Gasteiger partial charge in [0.15, 0.2) is 0 Å².